The van der Waals surface area contributed by atoms with Crippen molar-refractivity contribution >= 4 is 44.4 Å². The average Bonchev–Trinajstić information content (AvgIpc) is 3.34. The number of nitrogens with one attached hydrogen (secondary N) is 1. The first-order valence-corrected chi connectivity index (χ1v) is 12.7. The number of hydrogen-bond acceptors (Lipinski definition) is 10. The number of halogens is 1. The van der Waals surface area contributed by atoms with Gasteiger partial charge in [0.1, 0.15) is 17.7 Å². The third kappa shape index (κ3) is 5.86. The fourth-order valence-electron chi connectivity index (χ4n) is 3.83. The fourth-order valence-corrected chi connectivity index (χ4v) is 4.83. The van der Waals surface area contributed by atoms with Crippen molar-refractivity contribution in [1.29, 1.82) is 0 Å². The minimum absolute atomic E-state index is 0.0247. The SMILES string of the molecule is COc1cnc2c(-c3nc4cc(F)c(O[C@@H](C)COC(=O)Nc5ccc(CO)nc5)cc4s3)cc(C)cc2n1. The zero-order valence-corrected chi connectivity index (χ0v) is 22.1. The third-order valence-corrected chi connectivity index (χ3v) is 6.71. The van der Waals surface area contributed by atoms with Gasteiger partial charge in [-0.1, -0.05) is 0 Å². The van der Waals surface area contributed by atoms with E-state index in [9.17, 15) is 9.18 Å². The zero-order chi connectivity index (χ0) is 27.5. The van der Waals surface area contributed by atoms with Crippen LogP contribution in [0.3, 0.4) is 0 Å². The number of anilines is 1. The summed E-state index contributed by atoms with van der Waals surface area (Å²) in [6, 6.07) is 9.97. The Morgan fingerprint density at radius 3 is 2.72 bits per heavy atom. The molecule has 0 bridgehead atoms. The van der Waals surface area contributed by atoms with Crippen molar-refractivity contribution in [2.45, 2.75) is 26.6 Å². The lowest BCUT2D eigenvalue weighted by Gasteiger charge is -2.15. The number of rotatable bonds is 8. The minimum atomic E-state index is -0.710. The number of aliphatic hydroxyl groups is 1. The number of aryl methyl sites for hydroxylation is 1. The van der Waals surface area contributed by atoms with Gasteiger partial charge in [-0.05, 0) is 43.7 Å². The molecule has 3 aromatic heterocycles. The summed E-state index contributed by atoms with van der Waals surface area (Å²) in [5.74, 6) is -0.141. The number of nitrogens with zero attached hydrogens (tertiary/aromatic N) is 4. The van der Waals surface area contributed by atoms with E-state index in [-0.39, 0.29) is 19.0 Å². The topological polar surface area (TPSA) is 129 Å². The van der Waals surface area contributed by atoms with Crippen LogP contribution < -0.4 is 14.8 Å². The van der Waals surface area contributed by atoms with E-state index in [1.807, 2.05) is 19.1 Å². The second-order valence-corrected chi connectivity index (χ2v) is 9.74. The molecule has 0 aliphatic carbocycles. The highest BCUT2D eigenvalue weighted by atomic mass is 32.1. The lowest BCUT2D eigenvalue weighted by atomic mass is 10.1. The van der Waals surface area contributed by atoms with Crippen LogP contribution in [0.4, 0.5) is 14.9 Å². The van der Waals surface area contributed by atoms with Crippen LogP contribution in [0.25, 0.3) is 31.8 Å². The van der Waals surface area contributed by atoms with Gasteiger partial charge in [0.25, 0.3) is 0 Å². The van der Waals surface area contributed by atoms with Crippen molar-refractivity contribution in [3.05, 3.63) is 65.9 Å². The highest BCUT2D eigenvalue weighted by Crippen LogP contribution is 2.37. The van der Waals surface area contributed by atoms with Crippen LogP contribution >= 0.6 is 11.3 Å². The molecule has 200 valence electrons. The van der Waals surface area contributed by atoms with E-state index in [4.69, 9.17) is 19.3 Å². The lowest BCUT2D eigenvalue weighted by Crippen LogP contribution is -2.24. The monoisotopic (exact) mass is 549 g/mol. The molecule has 0 fully saturated rings. The van der Waals surface area contributed by atoms with Crippen molar-refractivity contribution < 1.29 is 28.5 Å². The Bertz CT molecular complexity index is 1660. The number of thiazole rings is 1. The van der Waals surface area contributed by atoms with Crippen LogP contribution in [0.1, 0.15) is 18.2 Å². The predicted octanol–water partition coefficient (Wildman–Crippen LogP) is 5.27. The van der Waals surface area contributed by atoms with Crippen molar-refractivity contribution in [2.24, 2.45) is 0 Å². The number of hydrogen-bond donors (Lipinski definition) is 2. The Labute approximate surface area is 226 Å². The first-order chi connectivity index (χ1) is 18.8. The number of aliphatic hydroxyl groups excluding tert-OH is 1. The van der Waals surface area contributed by atoms with Gasteiger partial charge in [-0.3, -0.25) is 10.3 Å². The van der Waals surface area contributed by atoms with E-state index >= 15 is 0 Å². The lowest BCUT2D eigenvalue weighted by molar-refractivity contribution is 0.0969. The minimum Gasteiger partial charge on any atom is -0.484 e. The molecule has 1 atom stereocenters. The molecule has 0 saturated carbocycles. The van der Waals surface area contributed by atoms with Crippen LogP contribution in [-0.2, 0) is 11.3 Å². The Morgan fingerprint density at radius 1 is 1.13 bits per heavy atom. The molecule has 0 spiro atoms. The summed E-state index contributed by atoms with van der Waals surface area (Å²) in [5, 5.41) is 12.2. The van der Waals surface area contributed by atoms with Gasteiger partial charge < -0.3 is 19.3 Å². The Balaban J connectivity index is 1.30. The Hall–Kier alpha value is -4.42. The summed E-state index contributed by atoms with van der Waals surface area (Å²) in [5.41, 5.74) is 4.49. The molecule has 2 aromatic carbocycles. The van der Waals surface area contributed by atoms with Crippen LogP contribution in [0.5, 0.6) is 11.6 Å². The smallest absolute Gasteiger partial charge is 0.411 e. The predicted molar refractivity (Wildman–Crippen MR) is 145 cm³/mol. The van der Waals surface area contributed by atoms with Gasteiger partial charge in [0.2, 0.25) is 5.88 Å². The van der Waals surface area contributed by atoms with E-state index in [0.29, 0.717) is 38.8 Å². The summed E-state index contributed by atoms with van der Waals surface area (Å²) >= 11 is 1.38. The van der Waals surface area contributed by atoms with Gasteiger partial charge in [0.15, 0.2) is 11.6 Å². The summed E-state index contributed by atoms with van der Waals surface area (Å²) < 4.78 is 31.7. The van der Waals surface area contributed by atoms with Gasteiger partial charge >= 0.3 is 6.09 Å². The molecule has 0 unspecified atom stereocenters. The molecule has 12 heteroatoms. The normalized spacial score (nSPS) is 11.9. The summed E-state index contributed by atoms with van der Waals surface area (Å²) in [7, 11) is 1.53. The molecule has 0 saturated heterocycles. The Kier molecular flexibility index (Phi) is 7.48. The third-order valence-electron chi connectivity index (χ3n) is 5.66. The highest BCUT2D eigenvalue weighted by molar-refractivity contribution is 7.21. The second-order valence-electron chi connectivity index (χ2n) is 8.71. The number of fused-ring (bicyclic) bond motifs is 2. The maximum Gasteiger partial charge on any atom is 0.411 e. The molecule has 39 heavy (non-hydrogen) atoms. The molecule has 0 aliphatic heterocycles. The second kappa shape index (κ2) is 11.1. The molecule has 5 rings (SSSR count). The van der Waals surface area contributed by atoms with Crippen molar-refractivity contribution in [2.75, 3.05) is 19.0 Å². The average molecular weight is 550 g/mol. The zero-order valence-electron chi connectivity index (χ0n) is 21.3. The van der Waals surface area contributed by atoms with Gasteiger partial charge in [0.05, 0.1) is 58.7 Å². The molecule has 3 heterocycles. The van der Waals surface area contributed by atoms with Crippen LogP contribution in [0, 0.1) is 12.7 Å². The van der Waals surface area contributed by atoms with E-state index in [1.54, 1.807) is 31.3 Å². The van der Waals surface area contributed by atoms with E-state index < -0.39 is 18.0 Å². The standard InChI is InChI=1S/C27H24FN5O5S/c1-14-6-18(25-21(7-14)32-24(36-3)11-30-25)26-33-20-8-19(28)22(9-23(20)39-26)38-15(2)13-37-27(35)31-16-4-5-17(12-34)29-10-16/h4-11,15,34H,12-13H2,1-3H3,(H,31,35)/t15-/m0/s1. The van der Waals surface area contributed by atoms with Crippen LogP contribution in [0.2, 0.25) is 0 Å². The van der Waals surface area contributed by atoms with Crippen molar-refractivity contribution in [3.8, 4) is 22.2 Å². The number of carbonyl (C=O) groups is 1. The van der Waals surface area contributed by atoms with Gasteiger partial charge in [0, 0.05) is 17.7 Å². The highest BCUT2D eigenvalue weighted by Gasteiger charge is 2.17. The number of methoxy groups -OCH3 is 1. The van der Waals surface area contributed by atoms with Gasteiger partial charge in [-0.2, -0.15) is 0 Å². The number of ether oxygens (including phenoxy) is 3. The largest absolute Gasteiger partial charge is 0.484 e. The van der Waals surface area contributed by atoms with Crippen LogP contribution in [-0.4, -0.2) is 51.0 Å². The Morgan fingerprint density at radius 2 is 1.97 bits per heavy atom. The van der Waals surface area contributed by atoms with Crippen LogP contribution in [0.15, 0.2) is 48.8 Å². The summed E-state index contributed by atoms with van der Waals surface area (Å²) in [6.07, 6.45) is 1.62. The number of benzene rings is 2. The number of amides is 1. The van der Waals surface area contributed by atoms with E-state index in [2.05, 4.69) is 25.3 Å². The van der Waals surface area contributed by atoms with E-state index in [1.165, 1.54) is 30.7 Å². The molecule has 5 aromatic rings. The molecule has 0 radical (unpaired) electrons. The number of carbonyl (C=O) groups excluding carboxylic acids is 1. The van der Waals surface area contributed by atoms with Crippen molar-refractivity contribution in [1.82, 2.24) is 19.9 Å². The molecule has 0 aliphatic rings. The van der Waals surface area contributed by atoms with Crippen molar-refractivity contribution in [3.63, 3.8) is 0 Å². The number of aromatic nitrogens is 4. The molecule has 2 N–H and O–H groups in total. The summed E-state index contributed by atoms with van der Waals surface area (Å²) in [6.45, 7) is 3.31. The molecule has 1 amide bonds. The first-order valence-electron chi connectivity index (χ1n) is 11.9. The number of pyridine rings is 1. The van der Waals surface area contributed by atoms with Gasteiger partial charge in [-0.25, -0.2) is 24.1 Å². The maximum absolute atomic E-state index is 14.9. The van der Waals surface area contributed by atoms with E-state index in [0.717, 1.165) is 15.8 Å². The first kappa shape index (κ1) is 26.2. The molecule has 10 nitrogen and oxygen atoms in total. The fraction of sp³-hybridized carbons (Fsp3) is 0.222. The summed E-state index contributed by atoms with van der Waals surface area (Å²) in [4.78, 5) is 29.7. The maximum atomic E-state index is 14.9. The molecular weight excluding hydrogens is 525 g/mol. The quantitative estimate of drug-likeness (QED) is 0.266. The molecular formula is C27H24FN5O5S. The van der Waals surface area contributed by atoms with Gasteiger partial charge in [-0.15, -0.1) is 11.3 Å².